The molecule has 5 heteroatoms. The zero-order valence-corrected chi connectivity index (χ0v) is 13.5. The molecule has 0 heterocycles. The van der Waals surface area contributed by atoms with E-state index in [-0.39, 0.29) is 0 Å². The summed E-state index contributed by atoms with van der Waals surface area (Å²) >= 11 is 0. The quantitative estimate of drug-likeness (QED) is 0.727. The lowest BCUT2D eigenvalue weighted by molar-refractivity contribution is -0.123. The summed E-state index contributed by atoms with van der Waals surface area (Å²) in [4.78, 5) is 24.3. The summed E-state index contributed by atoms with van der Waals surface area (Å²) in [5.74, 6) is -1.46. The lowest BCUT2D eigenvalue weighted by Crippen LogP contribution is -2.30. The fraction of sp³-hybridized carbons (Fsp3) is 0.100. The second-order valence-electron chi connectivity index (χ2n) is 5.61. The van der Waals surface area contributed by atoms with E-state index in [9.17, 15) is 14.0 Å². The number of fused-ring (bicyclic) bond motifs is 1. The van der Waals surface area contributed by atoms with Crippen molar-refractivity contribution in [2.45, 2.75) is 13.0 Å². The highest BCUT2D eigenvalue weighted by Gasteiger charge is 2.19. The summed E-state index contributed by atoms with van der Waals surface area (Å²) in [6, 6.07) is 18.2. The van der Waals surface area contributed by atoms with Crippen LogP contribution in [0, 0.1) is 5.82 Å². The van der Waals surface area contributed by atoms with Gasteiger partial charge in [-0.15, -0.1) is 0 Å². The molecule has 1 N–H and O–H groups in total. The van der Waals surface area contributed by atoms with Gasteiger partial charge in [-0.25, -0.2) is 9.18 Å². The van der Waals surface area contributed by atoms with Crippen molar-refractivity contribution in [3.8, 4) is 0 Å². The Hall–Kier alpha value is -3.21. The number of carbonyl (C=O) groups excluding carboxylic acids is 2. The van der Waals surface area contributed by atoms with Crippen molar-refractivity contribution >= 4 is 28.3 Å². The van der Waals surface area contributed by atoms with E-state index in [4.69, 9.17) is 4.74 Å². The number of anilines is 1. The molecule has 3 aromatic carbocycles. The van der Waals surface area contributed by atoms with Crippen molar-refractivity contribution in [3.05, 3.63) is 78.1 Å². The monoisotopic (exact) mass is 337 g/mol. The van der Waals surface area contributed by atoms with Crippen LogP contribution >= 0.6 is 0 Å². The zero-order valence-electron chi connectivity index (χ0n) is 13.5. The molecule has 0 spiro atoms. The molecule has 0 radical (unpaired) electrons. The molecule has 126 valence electrons. The molecule has 4 nitrogen and oxygen atoms in total. The lowest BCUT2D eigenvalue weighted by Gasteiger charge is -2.14. The van der Waals surface area contributed by atoms with Crippen LogP contribution in [0.3, 0.4) is 0 Å². The van der Waals surface area contributed by atoms with Crippen LogP contribution in [0.5, 0.6) is 0 Å². The molecule has 0 aliphatic carbocycles. The van der Waals surface area contributed by atoms with Crippen LogP contribution in [0.4, 0.5) is 10.1 Å². The summed E-state index contributed by atoms with van der Waals surface area (Å²) in [6.07, 6.45) is -0.982. The number of hydrogen-bond acceptors (Lipinski definition) is 3. The number of benzene rings is 3. The highest BCUT2D eigenvalue weighted by molar-refractivity contribution is 5.99. The van der Waals surface area contributed by atoms with E-state index < -0.39 is 23.8 Å². The molecule has 25 heavy (non-hydrogen) atoms. The minimum absolute atomic E-state index is 0.375. The van der Waals surface area contributed by atoms with Gasteiger partial charge >= 0.3 is 5.97 Å². The molecule has 3 aromatic rings. The number of ether oxygens (including phenoxy) is 1. The maximum absolute atomic E-state index is 12.9. The SMILES string of the molecule is C[C@@H](OC(=O)c1ccc2ccccc2c1)C(=O)Nc1ccc(F)cc1. The molecule has 0 aliphatic rings. The number of halogens is 1. The third-order valence-electron chi connectivity index (χ3n) is 3.75. The van der Waals surface area contributed by atoms with Gasteiger partial charge in [-0.1, -0.05) is 30.3 Å². The molecule has 1 amide bonds. The van der Waals surface area contributed by atoms with Crippen molar-refractivity contribution in [2.75, 3.05) is 5.32 Å². The third-order valence-corrected chi connectivity index (χ3v) is 3.75. The van der Waals surface area contributed by atoms with Crippen molar-refractivity contribution < 1.29 is 18.7 Å². The number of hydrogen-bond donors (Lipinski definition) is 1. The zero-order chi connectivity index (χ0) is 17.8. The topological polar surface area (TPSA) is 55.4 Å². The highest BCUT2D eigenvalue weighted by atomic mass is 19.1. The van der Waals surface area contributed by atoms with Gasteiger partial charge < -0.3 is 10.1 Å². The largest absolute Gasteiger partial charge is 0.449 e. The molecule has 1 atom stereocenters. The van der Waals surface area contributed by atoms with Crippen molar-refractivity contribution in [3.63, 3.8) is 0 Å². The molecule has 3 rings (SSSR count). The molecule has 0 aromatic heterocycles. The lowest BCUT2D eigenvalue weighted by atomic mass is 10.1. The number of carbonyl (C=O) groups is 2. The van der Waals surface area contributed by atoms with E-state index in [1.165, 1.54) is 31.2 Å². The normalized spacial score (nSPS) is 11.8. The first-order chi connectivity index (χ1) is 12.0. The smallest absolute Gasteiger partial charge is 0.338 e. The van der Waals surface area contributed by atoms with E-state index in [1.807, 2.05) is 30.3 Å². The molecular formula is C20H16FNO3. The fourth-order valence-corrected chi connectivity index (χ4v) is 2.38. The Morgan fingerprint density at radius 3 is 2.36 bits per heavy atom. The van der Waals surface area contributed by atoms with Gasteiger partial charge in [0.2, 0.25) is 0 Å². The van der Waals surface area contributed by atoms with Crippen LogP contribution in [0.1, 0.15) is 17.3 Å². The van der Waals surface area contributed by atoms with Gasteiger partial charge in [0.25, 0.3) is 5.91 Å². The van der Waals surface area contributed by atoms with Crippen LogP contribution in [0.15, 0.2) is 66.7 Å². The maximum Gasteiger partial charge on any atom is 0.338 e. The van der Waals surface area contributed by atoms with Crippen LogP contribution < -0.4 is 5.32 Å². The summed E-state index contributed by atoms with van der Waals surface area (Å²) in [6.45, 7) is 1.48. The van der Waals surface area contributed by atoms with Gasteiger partial charge in [-0.3, -0.25) is 4.79 Å². The van der Waals surface area contributed by atoms with Gasteiger partial charge in [0, 0.05) is 5.69 Å². The van der Waals surface area contributed by atoms with Crippen LogP contribution in [0.25, 0.3) is 10.8 Å². The highest BCUT2D eigenvalue weighted by Crippen LogP contribution is 2.17. The average Bonchev–Trinajstić information content (AvgIpc) is 2.63. The Balaban J connectivity index is 1.66. The van der Waals surface area contributed by atoms with Crippen molar-refractivity contribution in [2.24, 2.45) is 0 Å². The molecule has 0 aliphatic heterocycles. The minimum atomic E-state index is -0.982. The Kier molecular flexibility index (Phi) is 4.75. The number of amides is 1. The molecule has 0 saturated heterocycles. The number of rotatable bonds is 4. The predicted molar refractivity (Wildman–Crippen MR) is 93.9 cm³/mol. The first kappa shape index (κ1) is 16.6. The summed E-state index contributed by atoms with van der Waals surface area (Å²) < 4.78 is 18.1. The Morgan fingerprint density at radius 2 is 1.64 bits per heavy atom. The van der Waals surface area contributed by atoms with Crippen LogP contribution in [0.2, 0.25) is 0 Å². The van der Waals surface area contributed by atoms with E-state index in [0.29, 0.717) is 11.3 Å². The van der Waals surface area contributed by atoms with Crippen molar-refractivity contribution in [1.82, 2.24) is 0 Å². The maximum atomic E-state index is 12.9. The van der Waals surface area contributed by atoms with E-state index in [1.54, 1.807) is 12.1 Å². The molecule has 0 fully saturated rings. The standard InChI is InChI=1S/C20H16FNO3/c1-13(19(23)22-18-10-8-17(21)9-11-18)25-20(24)16-7-6-14-4-2-3-5-15(14)12-16/h2-13H,1H3,(H,22,23)/t13-/m1/s1. The van der Waals surface area contributed by atoms with Crippen LogP contribution in [-0.2, 0) is 9.53 Å². The second-order valence-corrected chi connectivity index (χ2v) is 5.61. The Bertz CT molecular complexity index is 922. The summed E-state index contributed by atoms with van der Waals surface area (Å²) in [5.41, 5.74) is 0.806. The molecule has 0 unspecified atom stereocenters. The van der Waals surface area contributed by atoms with E-state index in [2.05, 4.69) is 5.32 Å². The summed E-state index contributed by atoms with van der Waals surface area (Å²) in [5, 5.41) is 4.50. The molecule has 0 saturated carbocycles. The first-order valence-corrected chi connectivity index (χ1v) is 7.79. The van der Waals surface area contributed by atoms with Gasteiger partial charge in [0.1, 0.15) is 5.82 Å². The Morgan fingerprint density at radius 1 is 0.960 bits per heavy atom. The fourth-order valence-electron chi connectivity index (χ4n) is 2.38. The van der Waals surface area contributed by atoms with Gasteiger partial charge in [-0.05, 0) is 54.1 Å². The number of esters is 1. The first-order valence-electron chi connectivity index (χ1n) is 7.79. The second kappa shape index (κ2) is 7.13. The van der Waals surface area contributed by atoms with Gasteiger partial charge in [0.15, 0.2) is 6.10 Å². The van der Waals surface area contributed by atoms with E-state index >= 15 is 0 Å². The number of nitrogens with one attached hydrogen (secondary N) is 1. The third kappa shape index (κ3) is 4.01. The van der Waals surface area contributed by atoms with Crippen LogP contribution in [-0.4, -0.2) is 18.0 Å². The van der Waals surface area contributed by atoms with Gasteiger partial charge in [0.05, 0.1) is 5.56 Å². The van der Waals surface area contributed by atoms with Crippen molar-refractivity contribution in [1.29, 1.82) is 0 Å². The van der Waals surface area contributed by atoms with Gasteiger partial charge in [-0.2, -0.15) is 0 Å². The molecule has 0 bridgehead atoms. The average molecular weight is 337 g/mol. The Labute approximate surface area is 144 Å². The minimum Gasteiger partial charge on any atom is -0.449 e. The summed E-state index contributed by atoms with van der Waals surface area (Å²) in [7, 11) is 0. The van der Waals surface area contributed by atoms with E-state index in [0.717, 1.165) is 10.8 Å². The molecular weight excluding hydrogens is 321 g/mol. The predicted octanol–water partition coefficient (Wildman–Crippen LogP) is 4.16.